The number of ketones is 1. The number of halogens is 1. The molecule has 0 amide bonds. The van der Waals surface area contributed by atoms with Crippen molar-refractivity contribution in [2.75, 3.05) is 6.54 Å². The van der Waals surface area contributed by atoms with Crippen molar-refractivity contribution in [1.29, 1.82) is 0 Å². The lowest BCUT2D eigenvalue weighted by Crippen LogP contribution is -2.08. The van der Waals surface area contributed by atoms with Crippen LogP contribution in [0.15, 0.2) is 22.9 Å². The van der Waals surface area contributed by atoms with E-state index in [1.807, 2.05) is 0 Å². The highest BCUT2D eigenvalue weighted by Gasteiger charge is 2.08. The maximum Gasteiger partial charge on any atom is 0.166 e. The Kier molecular flexibility index (Phi) is 3.37. The van der Waals surface area contributed by atoms with Gasteiger partial charge in [-0.2, -0.15) is 0 Å². The van der Waals surface area contributed by atoms with E-state index in [2.05, 4.69) is 20.9 Å². The molecule has 0 aromatic carbocycles. The monoisotopic (exact) mass is 228 g/mol. The average molecular weight is 229 g/mol. The summed E-state index contributed by atoms with van der Waals surface area (Å²) >= 11 is 3.19. The van der Waals surface area contributed by atoms with E-state index in [-0.39, 0.29) is 5.78 Å². The van der Waals surface area contributed by atoms with Crippen LogP contribution in [0.5, 0.6) is 0 Å². The van der Waals surface area contributed by atoms with E-state index >= 15 is 0 Å². The van der Waals surface area contributed by atoms with E-state index in [9.17, 15) is 4.79 Å². The number of aromatic nitrogens is 1. The molecule has 0 saturated carbocycles. The molecule has 1 aromatic heterocycles. The van der Waals surface area contributed by atoms with Crippen LogP contribution in [0.4, 0.5) is 0 Å². The molecule has 4 heteroatoms. The van der Waals surface area contributed by atoms with Crippen molar-refractivity contribution in [3.63, 3.8) is 0 Å². The van der Waals surface area contributed by atoms with E-state index in [4.69, 9.17) is 5.73 Å². The number of rotatable bonds is 3. The number of nitrogens with two attached hydrogens (primary N) is 1. The van der Waals surface area contributed by atoms with Crippen molar-refractivity contribution in [3.8, 4) is 0 Å². The lowest BCUT2D eigenvalue weighted by atomic mass is 10.1. The second-order valence-corrected chi connectivity index (χ2v) is 3.05. The Hall–Kier alpha value is -0.740. The Morgan fingerprint density at radius 1 is 1.67 bits per heavy atom. The Balaban J connectivity index is 2.87. The molecule has 3 nitrogen and oxygen atoms in total. The molecule has 0 atom stereocenters. The highest BCUT2D eigenvalue weighted by molar-refractivity contribution is 9.10. The molecule has 0 saturated heterocycles. The number of carbonyl (C=O) groups excluding carboxylic acids is 1. The first-order chi connectivity index (χ1) is 5.75. The summed E-state index contributed by atoms with van der Waals surface area (Å²) in [5, 5.41) is 0. The first-order valence-corrected chi connectivity index (χ1v) is 4.39. The molecule has 0 bridgehead atoms. The van der Waals surface area contributed by atoms with Crippen molar-refractivity contribution < 1.29 is 4.79 Å². The molecule has 0 aliphatic rings. The summed E-state index contributed by atoms with van der Waals surface area (Å²) in [6.45, 7) is 0.375. The molecule has 0 unspecified atom stereocenters. The third-order valence-corrected chi connectivity index (χ3v) is 2.06. The first kappa shape index (κ1) is 9.35. The van der Waals surface area contributed by atoms with Gasteiger partial charge in [0.1, 0.15) is 4.60 Å². The molecule has 0 aliphatic carbocycles. The van der Waals surface area contributed by atoms with Crippen LogP contribution in [-0.2, 0) is 0 Å². The molecule has 12 heavy (non-hydrogen) atoms. The van der Waals surface area contributed by atoms with Crippen LogP contribution in [0.25, 0.3) is 0 Å². The van der Waals surface area contributed by atoms with Crippen LogP contribution in [-0.4, -0.2) is 17.3 Å². The fraction of sp³-hybridized carbons (Fsp3) is 0.250. The molecule has 0 fully saturated rings. The van der Waals surface area contributed by atoms with E-state index in [1.165, 1.54) is 0 Å². The average Bonchev–Trinajstić information content (AvgIpc) is 2.05. The fourth-order valence-corrected chi connectivity index (χ4v) is 1.33. The Morgan fingerprint density at radius 2 is 2.42 bits per heavy atom. The summed E-state index contributed by atoms with van der Waals surface area (Å²) in [7, 11) is 0. The molecule has 64 valence electrons. The maximum atomic E-state index is 11.3. The van der Waals surface area contributed by atoms with Crippen molar-refractivity contribution in [2.24, 2.45) is 5.73 Å². The molecular weight excluding hydrogens is 220 g/mol. The van der Waals surface area contributed by atoms with E-state index in [1.54, 1.807) is 18.3 Å². The van der Waals surface area contributed by atoms with Gasteiger partial charge in [0.2, 0.25) is 0 Å². The van der Waals surface area contributed by atoms with Crippen LogP contribution >= 0.6 is 15.9 Å². The SMILES string of the molecule is NCCC(=O)c1cccnc1Br. The van der Waals surface area contributed by atoms with Crippen LogP contribution in [0, 0.1) is 0 Å². The first-order valence-electron chi connectivity index (χ1n) is 3.59. The molecular formula is C8H9BrN2O. The second kappa shape index (κ2) is 4.33. The van der Waals surface area contributed by atoms with Gasteiger partial charge >= 0.3 is 0 Å². The number of carbonyl (C=O) groups is 1. The van der Waals surface area contributed by atoms with Crippen molar-refractivity contribution in [1.82, 2.24) is 4.98 Å². The predicted octanol–water partition coefficient (Wildman–Crippen LogP) is 1.38. The van der Waals surface area contributed by atoms with Gasteiger partial charge < -0.3 is 5.73 Å². The topological polar surface area (TPSA) is 56.0 Å². The molecule has 1 aromatic rings. The summed E-state index contributed by atoms with van der Waals surface area (Å²) in [6, 6.07) is 3.46. The zero-order chi connectivity index (χ0) is 8.97. The van der Waals surface area contributed by atoms with Gasteiger partial charge in [-0.25, -0.2) is 4.98 Å². The molecule has 0 radical (unpaired) electrons. The van der Waals surface area contributed by atoms with Crippen molar-refractivity contribution >= 4 is 21.7 Å². The predicted molar refractivity (Wildman–Crippen MR) is 49.9 cm³/mol. The van der Waals surface area contributed by atoms with Crippen LogP contribution in [0.2, 0.25) is 0 Å². The van der Waals surface area contributed by atoms with Gasteiger partial charge in [-0.05, 0) is 34.6 Å². The van der Waals surface area contributed by atoms with Gasteiger partial charge in [-0.15, -0.1) is 0 Å². The molecule has 1 heterocycles. The number of nitrogens with zero attached hydrogens (tertiary/aromatic N) is 1. The minimum absolute atomic E-state index is 0.0254. The summed E-state index contributed by atoms with van der Waals surface area (Å²) in [6.07, 6.45) is 1.99. The molecule has 0 aliphatic heterocycles. The van der Waals surface area contributed by atoms with Gasteiger partial charge in [-0.1, -0.05) is 0 Å². The number of hydrogen-bond donors (Lipinski definition) is 1. The third kappa shape index (κ3) is 2.12. The normalized spacial score (nSPS) is 9.83. The zero-order valence-corrected chi connectivity index (χ0v) is 8.04. The third-order valence-electron chi connectivity index (χ3n) is 1.43. The standard InChI is InChI=1S/C8H9BrN2O/c9-8-6(2-1-5-11-8)7(12)3-4-10/h1-2,5H,3-4,10H2. The Bertz CT molecular complexity index is 288. The summed E-state index contributed by atoms with van der Waals surface area (Å²) < 4.78 is 0.587. The van der Waals surface area contributed by atoms with Gasteiger partial charge in [0.25, 0.3) is 0 Å². The lowest BCUT2D eigenvalue weighted by Gasteiger charge is -1.99. The van der Waals surface area contributed by atoms with Crippen molar-refractivity contribution in [3.05, 3.63) is 28.5 Å². The molecule has 2 N–H and O–H groups in total. The van der Waals surface area contributed by atoms with E-state index in [0.717, 1.165) is 0 Å². The second-order valence-electron chi connectivity index (χ2n) is 2.30. The lowest BCUT2D eigenvalue weighted by molar-refractivity contribution is 0.0984. The van der Waals surface area contributed by atoms with Gasteiger partial charge in [0, 0.05) is 12.6 Å². The fourth-order valence-electron chi connectivity index (χ4n) is 0.860. The van der Waals surface area contributed by atoms with Crippen LogP contribution < -0.4 is 5.73 Å². The summed E-state index contributed by atoms with van der Waals surface area (Å²) in [4.78, 5) is 15.3. The van der Waals surface area contributed by atoms with Crippen molar-refractivity contribution in [2.45, 2.75) is 6.42 Å². The summed E-state index contributed by atoms with van der Waals surface area (Å²) in [5.74, 6) is 0.0254. The molecule has 1 rings (SSSR count). The van der Waals surface area contributed by atoms with Gasteiger partial charge in [0.15, 0.2) is 5.78 Å². The number of pyridine rings is 1. The van der Waals surface area contributed by atoms with Gasteiger partial charge in [-0.3, -0.25) is 4.79 Å². The Morgan fingerprint density at radius 3 is 3.00 bits per heavy atom. The minimum Gasteiger partial charge on any atom is -0.330 e. The zero-order valence-electron chi connectivity index (χ0n) is 6.46. The van der Waals surface area contributed by atoms with E-state index < -0.39 is 0 Å². The van der Waals surface area contributed by atoms with E-state index in [0.29, 0.717) is 23.1 Å². The smallest absolute Gasteiger partial charge is 0.166 e. The van der Waals surface area contributed by atoms with Crippen LogP contribution in [0.3, 0.4) is 0 Å². The molecule has 0 spiro atoms. The summed E-state index contributed by atoms with van der Waals surface area (Å²) in [5.41, 5.74) is 5.86. The highest BCUT2D eigenvalue weighted by atomic mass is 79.9. The number of hydrogen-bond acceptors (Lipinski definition) is 3. The minimum atomic E-state index is 0.0254. The van der Waals surface area contributed by atoms with Gasteiger partial charge in [0.05, 0.1) is 5.56 Å². The highest BCUT2D eigenvalue weighted by Crippen LogP contribution is 2.13. The number of Topliss-reactive ketones (excluding diaryl/α,β-unsaturated/α-hetero) is 1. The maximum absolute atomic E-state index is 11.3. The largest absolute Gasteiger partial charge is 0.330 e. The quantitative estimate of drug-likeness (QED) is 0.629. The Labute approximate surface area is 79.1 Å². The van der Waals surface area contributed by atoms with Crippen LogP contribution in [0.1, 0.15) is 16.8 Å².